The maximum Gasteiger partial charge on any atom is 0.211 e. The highest BCUT2D eigenvalue weighted by atomic mass is 19.1. The largest absolute Gasteiger partial charge is 0.491 e. The van der Waals surface area contributed by atoms with Crippen molar-refractivity contribution in [1.82, 2.24) is 0 Å². The van der Waals surface area contributed by atoms with Gasteiger partial charge in [-0.05, 0) is 18.1 Å². The van der Waals surface area contributed by atoms with Crippen LogP contribution in [0.25, 0.3) is 0 Å². The third kappa shape index (κ3) is 3.23. The summed E-state index contributed by atoms with van der Waals surface area (Å²) in [7, 11) is 0. The Kier molecular flexibility index (Phi) is 4.09. The Balaban J connectivity index is 2.85. The summed E-state index contributed by atoms with van der Waals surface area (Å²) in [6.45, 7) is 4.47. The molecule has 0 saturated carbocycles. The molecule has 4 heteroatoms. The summed E-state index contributed by atoms with van der Waals surface area (Å²) < 4.78 is 18.6. The predicted octanol–water partition coefficient (Wildman–Crippen LogP) is 2.43. The Morgan fingerprint density at radius 3 is 2.87 bits per heavy atom. The first-order valence-corrected chi connectivity index (χ1v) is 4.76. The molecule has 0 aromatic heterocycles. The van der Waals surface area contributed by atoms with Crippen molar-refractivity contribution in [3.63, 3.8) is 0 Å². The molecule has 0 aliphatic carbocycles. The second-order valence-electron chi connectivity index (χ2n) is 3.58. The van der Waals surface area contributed by atoms with Gasteiger partial charge >= 0.3 is 0 Å². The first kappa shape index (κ1) is 11.5. The molecular formula is C11H14FNO2. The fourth-order valence-corrected chi connectivity index (χ4v) is 1.08. The van der Waals surface area contributed by atoms with Crippen molar-refractivity contribution in [2.45, 2.75) is 13.8 Å². The average Bonchev–Trinajstić information content (AvgIpc) is 2.19. The van der Waals surface area contributed by atoms with Gasteiger partial charge in [-0.1, -0.05) is 19.9 Å². The molecule has 0 bridgehead atoms. The average molecular weight is 211 g/mol. The van der Waals surface area contributed by atoms with Gasteiger partial charge in [-0.3, -0.25) is 4.79 Å². The van der Waals surface area contributed by atoms with Gasteiger partial charge in [0.05, 0.1) is 6.61 Å². The van der Waals surface area contributed by atoms with Crippen LogP contribution in [-0.4, -0.2) is 13.0 Å². The molecule has 0 atom stereocenters. The predicted molar refractivity (Wildman–Crippen MR) is 56.4 cm³/mol. The van der Waals surface area contributed by atoms with Crippen molar-refractivity contribution in [1.29, 1.82) is 0 Å². The van der Waals surface area contributed by atoms with Gasteiger partial charge in [0.25, 0.3) is 0 Å². The van der Waals surface area contributed by atoms with E-state index in [1.807, 2.05) is 13.8 Å². The molecule has 82 valence electrons. The molecule has 0 spiro atoms. The second kappa shape index (κ2) is 5.34. The maximum atomic E-state index is 13.3. The topological polar surface area (TPSA) is 38.3 Å². The summed E-state index contributed by atoms with van der Waals surface area (Å²) >= 11 is 0. The van der Waals surface area contributed by atoms with Gasteiger partial charge in [0.2, 0.25) is 6.41 Å². The first-order chi connectivity index (χ1) is 7.15. The van der Waals surface area contributed by atoms with E-state index in [2.05, 4.69) is 5.32 Å². The van der Waals surface area contributed by atoms with Gasteiger partial charge in [0.1, 0.15) is 11.4 Å². The van der Waals surface area contributed by atoms with Crippen LogP contribution in [0.1, 0.15) is 13.8 Å². The van der Waals surface area contributed by atoms with Crippen LogP contribution >= 0.6 is 0 Å². The Morgan fingerprint density at radius 1 is 1.53 bits per heavy atom. The Morgan fingerprint density at radius 2 is 2.27 bits per heavy atom. The van der Waals surface area contributed by atoms with E-state index in [9.17, 15) is 9.18 Å². The lowest BCUT2D eigenvalue weighted by atomic mass is 10.2. The standard InChI is InChI=1S/C11H14FNO2/c1-8(2)6-15-10-5-3-4-9(12)11(10)13-7-14/h3-5,7-8H,6H2,1-2H3,(H,13,14). The molecule has 0 aliphatic heterocycles. The highest BCUT2D eigenvalue weighted by Crippen LogP contribution is 2.27. The van der Waals surface area contributed by atoms with E-state index < -0.39 is 5.82 Å². The van der Waals surface area contributed by atoms with E-state index in [-0.39, 0.29) is 5.69 Å². The lowest BCUT2D eigenvalue weighted by Gasteiger charge is -2.12. The summed E-state index contributed by atoms with van der Waals surface area (Å²) in [6, 6.07) is 4.44. The minimum atomic E-state index is -0.497. The second-order valence-corrected chi connectivity index (χ2v) is 3.58. The van der Waals surface area contributed by atoms with E-state index in [0.717, 1.165) is 0 Å². The maximum absolute atomic E-state index is 13.3. The van der Waals surface area contributed by atoms with Crippen molar-refractivity contribution >= 4 is 12.1 Å². The Labute approximate surface area is 88.2 Å². The molecule has 1 N–H and O–H groups in total. The number of nitrogens with one attached hydrogen (secondary N) is 1. The summed E-state index contributed by atoms with van der Waals surface area (Å²) in [5, 5.41) is 2.29. The van der Waals surface area contributed by atoms with Crippen molar-refractivity contribution in [2.24, 2.45) is 5.92 Å². The Hall–Kier alpha value is -1.58. The summed E-state index contributed by atoms with van der Waals surface area (Å²) in [4.78, 5) is 10.3. The van der Waals surface area contributed by atoms with Gasteiger partial charge in [-0.15, -0.1) is 0 Å². The van der Waals surface area contributed by atoms with E-state index >= 15 is 0 Å². The first-order valence-electron chi connectivity index (χ1n) is 4.76. The third-order valence-corrected chi connectivity index (χ3v) is 1.75. The molecule has 0 unspecified atom stereocenters. The molecule has 3 nitrogen and oxygen atoms in total. The van der Waals surface area contributed by atoms with Crippen molar-refractivity contribution in [3.8, 4) is 5.75 Å². The minimum absolute atomic E-state index is 0.0909. The molecule has 0 fully saturated rings. The number of benzene rings is 1. The van der Waals surface area contributed by atoms with E-state index in [1.165, 1.54) is 6.07 Å². The van der Waals surface area contributed by atoms with Crippen LogP contribution in [0.4, 0.5) is 10.1 Å². The lowest BCUT2D eigenvalue weighted by molar-refractivity contribution is -0.105. The van der Waals surface area contributed by atoms with Gasteiger partial charge in [-0.25, -0.2) is 4.39 Å². The SMILES string of the molecule is CC(C)COc1cccc(F)c1NC=O. The van der Waals surface area contributed by atoms with Gasteiger partial charge in [-0.2, -0.15) is 0 Å². The van der Waals surface area contributed by atoms with Crippen LogP contribution in [0.3, 0.4) is 0 Å². The molecule has 1 aromatic rings. The molecule has 0 aliphatic rings. The van der Waals surface area contributed by atoms with Crippen LogP contribution in [0.15, 0.2) is 18.2 Å². The van der Waals surface area contributed by atoms with Crippen LogP contribution < -0.4 is 10.1 Å². The number of para-hydroxylation sites is 1. The molecule has 1 amide bonds. The smallest absolute Gasteiger partial charge is 0.211 e. The highest BCUT2D eigenvalue weighted by molar-refractivity contribution is 5.75. The molecule has 1 rings (SSSR count). The van der Waals surface area contributed by atoms with Crippen LogP contribution in [-0.2, 0) is 4.79 Å². The van der Waals surface area contributed by atoms with Crippen molar-refractivity contribution in [2.75, 3.05) is 11.9 Å². The zero-order valence-electron chi connectivity index (χ0n) is 8.79. The molecule has 0 heterocycles. The number of carbonyl (C=O) groups excluding carboxylic acids is 1. The van der Waals surface area contributed by atoms with Crippen LogP contribution in [0.5, 0.6) is 5.75 Å². The highest BCUT2D eigenvalue weighted by Gasteiger charge is 2.09. The van der Waals surface area contributed by atoms with Crippen molar-refractivity contribution in [3.05, 3.63) is 24.0 Å². The third-order valence-electron chi connectivity index (χ3n) is 1.75. The van der Waals surface area contributed by atoms with Crippen LogP contribution in [0.2, 0.25) is 0 Å². The summed E-state index contributed by atoms with van der Waals surface area (Å²) in [5.41, 5.74) is 0.0909. The molecule has 15 heavy (non-hydrogen) atoms. The lowest BCUT2D eigenvalue weighted by Crippen LogP contribution is -2.07. The summed E-state index contributed by atoms with van der Waals surface area (Å²) in [5.74, 6) is 0.205. The summed E-state index contributed by atoms with van der Waals surface area (Å²) in [6.07, 6.45) is 0.431. The fraction of sp³-hybridized carbons (Fsp3) is 0.364. The fourth-order valence-electron chi connectivity index (χ4n) is 1.08. The number of anilines is 1. The molecule has 1 aromatic carbocycles. The minimum Gasteiger partial charge on any atom is -0.491 e. The number of ether oxygens (including phenoxy) is 1. The van der Waals surface area contributed by atoms with Crippen molar-refractivity contribution < 1.29 is 13.9 Å². The number of hydrogen-bond donors (Lipinski definition) is 1. The van der Waals surface area contributed by atoms with E-state index in [1.54, 1.807) is 12.1 Å². The monoisotopic (exact) mass is 211 g/mol. The van der Waals surface area contributed by atoms with E-state index in [4.69, 9.17) is 4.74 Å². The van der Waals surface area contributed by atoms with Gasteiger partial charge < -0.3 is 10.1 Å². The normalized spacial score (nSPS) is 10.1. The molecule has 0 radical (unpaired) electrons. The zero-order chi connectivity index (χ0) is 11.3. The quantitative estimate of drug-likeness (QED) is 0.759. The van der Waals surface area contributed by atoms with Crippen LogP contribution in [0, 0.1) is 11.7 Å². The number of rotatable bonds is 5. The number of halogens is 1. The van der Waals surface area contributed by atoms with Gasteiger partial charge in [0.15, 0.2) is 5.82 Å². The molecular weight excluding hydrogens is 197 g/mol. The number of amides is 1. The number of hydrogen-bond acceptors (Lipinski definition) is 2. The van der Waals surface area contributed by atoms with E-state index in [0.29, 0.717) is 24.7 Å². The number of carbonyl (C=O) groups is 1. The molecule has 0 saturated heterocycles. The van der Waals surface area contributed by atoms with Gasteiger partial charge in [0, 0.05) is 0 Å². The zero-order valence-corrected chi connectivity index (χ0v) is 8.79. The Bertz CT molecular complexity index is 339.